The molecule has 3 heteroatoms. The Labute approximate surface area is 58.8 Å². The number of rotatable bonds is 1. The van der Waals surface area contributed by atoms with Gasteiger partial charge in [0.1, 0.15) is 0 Å². The van der Waals surface area contributed by atoms with Crippen LogP contribution in [0.1, 0.15) is 19.3 Å². The number of hydrogen-bond donors (Lipinski definition) is 1. The second-order valence-electron chi connectivity index (χ2n) is 2.41. The quantitative estimate of drug-likeness (QED) is 0.562. The third-order valence-corrected chi connectivity index (χ3v) is 2.05. The summed E-state index contributed by atoms with van der Waals surface area (Å²) < 4.78 is 0. The number of hydrogen-bond acceptors (Lipinski definition) is 2. The van der Waals surface area contributed by atoms with Crippen LogP contribution in [0.15, 0.2) is 0 Å². The third kappa shape index (κ3) is 1.43. The highest BCUT2D eigenvalue weighted by Gasteiger charge is 2.29. The molecule has 9 heavy (non-hydrogen) atoms. The summed E-state index contributed by atoms with van der Waals surface area (Å²) in [7, 11) is 0. The zero-order chi connectivity index (χ0) is 6.85. The molecule has 1 rings (SSSR count). The number of aliphatic hydroxyl groups is 1. The topological polar surface area (TPSA) is 37.3 Å². The van der Waals surface area contributed by atoms with E-state index in [4.69, 9.17) is 16.7 Å². The SMILES string of the molecule is O=C(Cl)C1CCCC1O. The summed E-state index contributed by atoms with van der Waals surface area (Å²) in [5.41, 5.74) is 0. The first kappa shape index (κ1) is 7.03. The van der Waals surface area contributed by atoms with E-state index in [0.29, 0.717) is 0 Å². The highest BCUT2D eigenvalue weighted by molar-refractivity contribution is 6.64. The smallest absolute Gasteiger partial charge is 0.227 e. The van der Waals surface area contributed by atoms with Crippen molar-refractivity contribution < 1.29 is 9.90 Å². The van der Waals surface area contributed by atoms with E-state index in [1.54, 1.807) is 0 Å². The summed E-state index contributed by atoms with van der Waals surface area (Å²) in [4.78, 5) is 10.5. The first-order valence-corrected chi connectivity index (χ1v) is 3.47. The summed E-state index contributed by atoms with van der Waals surface area (Å²) in [5.74, 6) is -0.285. The molecule has 0 aromatic rings. The molecule has 1 saturated carbocycles. The lowest BCUT2D eigenvalue weighted by molar-refractivity contribution is -0.117. The molecule has 0 amide bonds. The van der Waals surface area contributed by atoms with Crippen LogP contribution in [0.5, 0.6) is 0 Å². The van der Waals surface area contributed by atoms with Gasteiger partial charge in [0.2, 0.25) is 5.24 Å². The van der Waals surface area contributed by atoms with Crippen LogP contribution >= 0.6 is 11.6 Å². The van der Waals surface area contributed by atoms with E-state index in [1.165, 1.54) is 0 Å². The fourth-order valence-electron chi connectivity index (χ4n) is 1.21. The van der Waals surface area contributed by atoms with Crippen LogP contribution in [0.4, 0.5) is 0 Å². The molecule has 2 unspecified atom stereocenters. The largest absolute Gasteiger partial charge is 0.392 e. The summed E-state index contributed by atoms with van der Waals surface area (Å²) in [6, 6.07) is 0. The van der Waals surface area contributed by atoms with Crippen LogP contribution in [0.3, 0.4) is 0 Å². The summed E-state index contributed by atoms with van der Waals surface area (Å²) in [6.07, 6.45) is 1.92. The van der Waals surface area contributed by atoms with Crippen LogP contribution in [-0.2, 0) is 4.79 Å². The van der Waals surface area contributed by atoms with Gasteiger partial charge in [-0.3, -0.25) is 4.79 Å². The minimum absolute atomic E-state index is 0.285. The van der Waals surface area contributed by atoms with Gasteiger partial charge in [0.05, 0.1) is 12.0 Å². The highest BCUT2D eigenvalue weighted by atomic mass is 35.5. The number of carbonyl (C=O) groups is 1. The van der Waals surface area contributed by atoms with Gasteiger partial charge in [-0.05, 0) is 30.9 Å². The van der Waals surface area contributed by atoms with E-state index in [-0.39, 0.29) is 11.2 Å². The Bertz CT molecular complexity index is 124. The van der Waals surface area contributed by atoms with E-state index in [9.17, 15) is 4.79 Å². The van der Waals surface area contributed by atoms with E-state index in [2.05, 4.69) is 0 Å². The van der Waals surface area contributed by atoms with Crippen molar-refractivity contribution in [2.24, 2.45) is 5.92 Å². The Morgan fingerprint density at radius 1 is 1.56 bits per heavy atom. The number of carbonyl (C=O) groups excluding carboxylic acids is 1. The Hall–Kier alpha value is -0.0800. The van der Waals surface area contributed by atoms with Crippen LogP contribution in [0.25, 0.3) is 0 Å². The van der Waals surface area contributed by atoms with Crippen LogP contribution in [0, 0.1) is 5.92 Å². The van der Waals surface area contributed by atoms with Crippen molar-refractivity contribution in [2.75, 3.05) is 0 Å². The predicted octanol–water partition coefficient (Wildman–Crippen LogP) is 0.913. The zero-order valence-corrected chi connectivity index (χ0v) is 5.77. The minimum atomic E-state index is -0.477. The Morgan fingerprint density at radius 3 is 2.44 bits per heavy atom. The average Bonchev–Trinajstić information content (AvgIpc) is 2.13. The second-order valence-corrected chi connectivity index (χ2v) is 2.78. The Morgan fingerprint density at radius 2 is 2.22 bits per heavy atom. The fraction of sp³-hybridized carbons (Fsp3) is 0.833. The molecule has 2 atom stereocenters. The molecule has 0 saturated heterocycles. The maximum atomic E-state index is 10.5. The van der Waals surface area contributed by atoms with Gasteiger partial charge in [-0.25, -0.2) is 0 Å². The molecule has 0 aliphatic heterocycles. The lowest BCUT2D eigenvalue weighted by atomic mass is 10.1. The summed E-state index contributed by atoms with van der Waals surface area (Å²) in [6.45, 7) is 0. The van der Waals surface area contributed by atoms with E-state index >= 15 is 0 Å². The Balaban J connectivity index is 2.49. The molecule has 0 spiro atoms. The van der Waals surface area contributed by atoms with E-state index in [1.807, 2.05) is 0 Å². The molecule has 1 aliphatic carbocycles. The van der Waals surface area contributed by atoms with Gasteiger partial charge in [-0.2, -0.15) is 0 Å². The minimum Gasteiger partial charge on any atom is -0.392 e. The molecule has 2 nitrogen and oxygen atoms in total. The van der Waals surface area contributed by atoms with Gasteiger partial charge in [0.15, 0.2) is 0 Å². The number of halogens is 1. The van der Waals surface area contributed by atoms with E-state index < -0.39 is 6.10 Å². The van der Waals surface area contributed by atoms with Crippen molar-refractivity contribution in [3.05, 3.63) is 0 Å². The average molecular weight is 149 g/mol. The first-order chi connectivity index (χ1) is 4.22. The second kappa shape index (κ2) is 2.67. The normalized spacial score (nSPS) is 34.9. The molecule has 0 heterocycles. The fourth-order valence-corrected chi connectivity index (χ4v) is 1.46. The predicted molar refractivity (Wildman–Crippen MR) is 34.2 cm³/mol. The maximum absolute atomic E-state index is 10.5. The summed E-state index contributed by atoms with van der Waals surface area (Å²) in [5, 5.41) is 8.67. The van der Waals surface area contributed by atoms with Crippen LogP contribution in [-0.4, -0.2) is 16.5 Å². The molecule has 0 radical (unpaired) electrons. The molecule has 52 valence electrons. The van der Waals surface area contributed by atoms with Gasteiger partial charge in [-0.15, -0.1) is 0 Å². The lowest BCUT2D eigenvalue weighted by Gasteiger charge is -2.06. The maximum Gasteiger partial charge on any atom is 0.227 e. The lowest BCUT2D eigenvalue weighted by Crippen LogP contribution is -2.18. The van der Waals surface area contributed by atoms with Crippen LogP contribution in [0.2, 0.25) is 0 Å². The van der Waals surface area contributed by atoms with Gasteiger partial charge in [-0.1, -0.05) is 0 Å². The molecule has 1 aliphatic rings. The molecule has 1 fully saturated rings. The van der Waals surface area contributed by atoms with Crippen molar-refractivity contribution in [3.63, 3.8) is 0 Å². The third-order valence-electron chi connectivity index (χ3n) is 1.77. The molecule has 0 bridgehead atoms. The van der Waals surface area contributed by atoms with Gasteiger partial charge in [0.25, 0.3) is 0 Å². The van der Waals surface area contributed by atoms with Crippen molar-refractivity contribution in [2.45, 2.75) is 25.4 Å². The van der Waals surface area contributed by atoms with Crippen molar-refractivity contribution in [3.8, 4) is 0 Å². The van der Waals surface area contributed by atoms with E-state index in [0.717, 1.165) is 19.3 Å². The van der Waals surface area contributed by atoms with Crippen molar-refractivity contribution in [1.29, 1.82) is 0 Å². The Kier molecular flexibility index (Phi) is 2.09. The molecule has 1 N–H and O–H groups in total. The molecular weight excluding hydrogens is 140 g/mol. The van der Waals surface area contributed by atoms with Crippen LogP contribution < -0.4 is 0 Å². The molecule has 0 aromatic carbocycles. The molecule has 0 aromatic heterocycles. The van der Waals surface area contributed by atoms with Gasteiger partial charge in [0, 0.05) is 0 Å². The number of aliphatic hydroxyl groups excluding tert-OH is 1. The monoisotopic (exact) mass is 148 g/mol. The first-order valence-electron chi connectivity index (χ1n) is 3.09. The zero-order valence-electron chi connectivity index (χ0n) is 5.01. The summed E-state index contributed by atoms with van der Waals surface area (Å²) >= 11 is 5.18. The van der Waals surface area contributed by atoms with Crippen molar-refractivity contribution >= 4 is 16.8 Å². The standard InChI is InChI=1S/C6H9ClO2/c7-6(9)4-2-1-3-5(4)8/h4-5,8H,1-3H2. The van der Waals surface area contributed by atoms with Crippen molar-refractivity contribution in [1.82, 2.24) is 0 Å². The van der Waals surface area contributed by atoms with Gasteiger partial charge < -0.3 is 5.11 Å². The molecular formula is C6H9ClO2. The highest BCUT2D eigenvalue weighted by Crippen LogP contribution is 2.26. The van der Waals surface area contributed by atoms with Gasteiger partial charge >= 0.3 is 0 Å².